The number of aliphatic hydroxyl groups excluding tert-OH is 1. The largest absolute Gasteiger partial charge is 0.390 e. The van der Waals surface area contributed by atoms with E-state index in [9.17, 15) is 27.9 Å². The Kier molecular flexibility index (Phi) is 12.8. The van der Waals surface area contributed by atoms with Gasteiger partial charge in [-0.05, 0) is 85.4 Å². The average molecular weight is 664 g/mol. The molecule has 1 heterocycles. The van der Waals surface area contributed by atoms with Crippen LogP contribution in [0.25, 0.3) is 0 Å². The predicted molar refractivity (Wildman–Crippen MR) is 181 cm³/mol. The van der Waals surface area contributed by atoms with E-state index in [1.807, 2.05) is 51.1 Å². The molecule has 0 bridgehead atoms. The lowest BCUT2D eigenvalue weighted by molar-refractivity contribution is -0.133. The summed E-state index contributed by atoms with van der Waals surface area (Å²) in [5.74, 6) is -0.359. The van der Waals surface area contributed by atoms with Gasteiger partial charge in [0.1, 0.15) is 6.04 Å². The van der Waals surface area contributed by atoms with Crippen molar-refractivity contribution in [3.63, 3.8) is 0 Å². The van der Waals surface area contributed by atoms with Gasteiger partial charge in [-0.25, -0.2) is 8.42 Å². The highest BCUT2D eigenvalue weighted by Crippen LogP contribution is 2.39. The topological polar surface area (TPSA) is 148 Å². The fourth-order valence-electron chi connectivity index (χ4n) is 6.67. The molecule has 1 saturated heterocycles. The minimum Gasteiger partial charge on any atom is -0.390 e. The van der Waals surface area contributed by atoms with E-state index in [-0.39, 0.29) is 25.4 Å². The second-order valence-corrected chi connectivity index (χ2v) is 17.8. The van der Waals surface area contributed by atoms with Gasteiger partial charge in [-0.1, -0.05) is 49.6 Å². The van der Waals surface area contributed by atoms with E-state index in [0.29, 0.717) is 18.4 Å². The third-order valence-corrected chi connectivity index (χ3v) is 11.6. The van der Waals surface area contributed by atoms with Crippen LogP contribution in [0.4, 0.5) is 0 Å². The van der Waals surface area contributed by atoms with E-state index in [2.05, 4.69) is 20.9 Å². The number of fused-ring (bicyclic) bond motifs is 1. The van der Waals surface area contributed by atoms with Crippen LogP contribution in [-0.2, 0) is 30.6 Å². The number of piperidine rings is 1. The summed E-state index contributed by atoms with van der Waals surface area (Å²) < 4.78 is 24.1. The molecule has 0 radical (unpaired) electrons. The van der Waals surface area contributed by atoms with Crippen molar-refractivity contribution in [1.29, 1.82) is 0 Å². The third-order valence-electron chi connectivity index (χ3n) is 9.49. The fraction of sp³-hybridized carbons (Fsp3) is 0.735. The molecule has 1 saturated carbocycles. The number of likely N-dealkylation sites (tertiary alicyclic amines) is 1. The van der Waals surface area contributed by atoms with E-state index in [1.54, 1.807) is 19.0 Å². The lowest BCUT2D eigenvalue weighted by Gasteiger charge is -2.47. The van der Waals surface area contributed by atoms with Crippen LogP contribution >= 0.6 is 0 Å². The van der Waals surface area contributed by atoms with Crippen molar-refractivity contribution in [2.24, 2.45) is 11.8 Å². The van der Waals surface area contributed by atoms with Crippen molar-refractivity contribution in [1.82, 2.24) is 25.8 Å². The zero-order chi connectivity index (χ0) is 34.4. The molecule has 1 aromatic carbocycles. The van der Waals surface area contributed by atoms with E-state index in [0.717, 1.165) is 37.5 Å². The van der Waals surface area contributed by atoms with Crippen LogP contribution in [0.15, 0.2) is 30.3 Å². The van der Waals surface area contributed by atoms with Gasteiger partial charge in [0.2, 0.25) is 17.7 Å². The number of hydrogen-bond donors (Lipinski definition) is 4. The number of nitrogens with zero attached hydrogens (tertiary/aromatic N) is 2. The molecular weight excluding hydrogens is 606 g/mol. The van der Waals surface area contributed by atoms with Gasteiger partial charge in [-0.15, -0.1) is 0 Å². The quantitative estimate of drug-likeness (QED) is 0.250. The minimum atomic E-state index is -3.81. The Balaban J connectivity index is 1.92. The number of carbonyl (C=O) groups excluding carboxylic acids is 3. The Morgan fingerprint density at radius 3 is 2.17 bits per heavy atom. The summed E-state index contributed by atoms with van der Waals surface area (Å²) in [6.07, 6.45) is 5.45. The molecule has 260 valence electrons. The Morgan fingerprint density at radius 1 is 1.00 bits per heavy atom. The van der Waals surface area contributed by atoms with Crippen molar-refractivity contribution in [3.8, 4) is 0 Å². The van der Waals surface area contributed by atoms with Gasteiger partial charge in [0, 0.05) is 24.9 Å². The first kappa shape index (κ1) is 37.9. The summed E-state index contributed by atoms with van der Waals surface area (Å²) in [6.45, 7) is 9.48. The number of likely N-dealkylation sites (N-methyl/N-ethyl adjacent to an activating group) is 1. The monoisotopic (exact) mass is 663 g/mol. The zero-order valence-electron chi connectivity index (χ0n) is 29.0. The molecule has 1 aliphatic carbocycles. The van der Waals surface area contributed by atoms with Crippen molar-refractivity contribution < 1.29 is 27.9 Å². The highest BCUT2D eigenvalue weighted by molar-refractivity contribution is 7.92. The van der Waals surface area contributed by atoms with E-state index >= 15 is 0 Å². The molecule has 11 nitrogen and oxygen atoms in total. The first-order valence-corrected chi connectivity index (χ1v) is 18.4. The van der Waals surface area contributed by atoms with Gasteiger partial charge in [-0.3, -0.25) is 19.3 Å². The maximum Gasteiger partial charge on any atom is 0.244 e. The van der Waals surface area contributed by atoms with Crippen LogP contribution in [0.3, 0.4) is 0 Å². The Labute approximate surface area is 276 Å². The molecule has 0 spiro atoms. The Morgan fingerprint density at radius 2 is 1.61 bits per heavy atom. The molecule has 4 N–H and O–H groups in total. The summed E-state index contributed by atoms with van der Waals surface area (Å²) in [5, 5.41) is 20.5. The zero-order valence-corrected chi connectivity index (χ0v) is 29.8. The number of sulfone groups is 1. The second kappa shape index (κ2) is 15.6. The van der Waals surface area contributed by atoms with Gasteiger partial charge >= 0.3 is 0 Å². The molecule has 0 aromatic heterocycles. The molecular formula is C34H57N5O6S. The Hall–Kier alpha value is -2.54. The summed E-state index contributed by atoms with van der Waals surface area (Å²) in [6, 6.07) is 6.77. The Bertz CT molecular complexity index is 1300. The smallest absolute Gasteiger partial charge is 0.244 e. The fourth-order valence-corrected chi connectivity index (χ4v) is 7.27. The average Bonchev–Trinajstić information content (AvgIpc) is 2.93. The predicted octanol–water partition coefficient (Wildman–Crippen LogP) is 1.74. The SMILES string of the molecule is CN(C)CC(=O)NC(C(=O)NC(Cc1ccccc1)C(O)CN1CC2CCCCC2CC1C(=O)NC(C)(C)C)C(C)(C)S(C)(=O)=O. The molecule has 1 aromatic rings. The molecule has 2 aliphatic rings. The number of aliphatic hydroxyl groups is 1. The van der Waals surface area contributed by atoms with Crippen LogP contribution in [0, 0.1) is 11.8 Å². The highest BCUT2D eigenvalue weighted by Gasteiger charge is 2.46. The van der Waals surface area contributed by atoms with Crippen molar-refractivity contribution >= 4 is 27.6 Å². The van der Waals surface area contributed by atoms with Crippen LogP contribution in [0.2, 0.25) is 0 Å². The van der Waals surface area contributed by atoms with E-state index in [4.69, 9.17) is 0 Å². The first-order chi connectivity index (χ1) is 21.3. The number of benzene rings is 1. The number of hydrogen-bond acceptors (Lipinski definition) is 8. The van der Waals surface area contributed by atoms with Gasteiger partial charge < -0.3 is 26.0 Å². The summed E-state index contributed by atoms with van der Waals surface area (Å²) in [5.41, 5.74) is 0.461. The van der Waals surface area contributed by atoms with E-state index < -0.39 is 56.2 Å². The van der Waals surface area contributed by atoms with Crippen LogP contribution in [0.1, 0.15) is 72.3 Å². The van der Waals surface area contributed by atoms with Crippen molar-refractivity contribution in [2.45, 2.75) is 108 Å². The van der Waals surface area contributed by atoms with Gasteiger partial charge in [0.25, 0.3) is 0 Å². The van der Waals surface area contributed by atoms with Gasteiger partial charge in [0.15, 0.2) is 9.84 Å². The van der Waals surface area contributed by atoms with Crippen LogP contribution in [0.5, 0.6) is 0 Å². The van der Waals surface area contributed by atoms with Gasteiger partial charge in [-0.2, -0.15) is 0 Å². The normalized spacial score (nSPS) is 23.1. The molecule has 3 rings (SSSR count). The summed E-state index contributed by atoms with van der Waals surface area (Å²) >= 11 is 0. The van der Waals surface area contributed by atoms with E-state index in [1.165, 1.54) is 20.3 Å². The number of carbonyl (C=O) groups is 3. The number of nitrogens with one attached hydrogen (secondary N) is 3. The summed E-state index contributed by atoms with van der Waals surface area (Å²) in [7, 11) is -0.402. The lowest BCUT2D eigenvalue weighted by atomic mass is 9.72. The molecule has 46 heavy (non-hydrogen) atoms. The number of β-amino-alcohol motifs (C(OH)–C–C–N with tert-alkyl or cyclic N) is 1. The van der Waals surface area contributed by atoms with Crippen LogP contribution in [-0.4, -0.2) is 116 Å². The molecule has 2 fully saturated rings. The maximum absolute atomic E-state index is 14.0. The summed E-state index contributed by atoms with van der Waals surface area (Å²) in [4.78, 5) is 44.1. The van der Waals surface area contributed by atoms with Crippen LogP contribution < -0.4 is 16.0 Å². The molecule has 12 heteroatoms. The molecule has 1 aliphatic heterocycles. The number of rotatable bonds is 13. The van der Waals surface area contributed by atoms with Crippen molar-refractivity contribution in [2.75, 3.05) is 40.0 Å². The standard InChI is InChI=1S/C34H57N5O6S/c1-33(2,3)37-31(42)27-19-24-16-12-13-17-25(24)20-39(27)21-28(40)26(18-23-14-10-9-11-15-23)35-32(43)30(34(4,5)46(8,44)45)36-29(41)22-38(6)7/h9-11,14-15,24-28,30,40H,12-13,16-22H2,1-8H3,(H,35,43)(H,36,41)(H,37,42). The molecule has 6 unspecified atom stereocenters. The highest BCUT2D eigenvalue weighted by atomic mass is 32.2. The molecule has 3 amide bonds. The second-order valence-electron chi connectivity index (χ2n) is 15.2. The van der Waals surface area contributed by atoms with Gasteiger partial charge in [0.05, 0.1) is 29.5 Å². The van der Waals surface area contributed by atoms with Crippen molar-refractivity contribution in [3.05, 3.63) is 35.9 Å². The number of amides is 3. The lowest BCUT2D eigenvalue weighted by Crippen LogP contribution is -2.64. The minimum absolute atomic E-state index is 0.0329. The first-order valence-electron chi connectivity index (χ1n) is 16.5. The third kappa shape index (κ3) is 10.5. The maximum atomic E-state index is 14.0. The molecule has 6 atom stereocenters.